The van der Waals surface area contributed by atoms with Crippen LogP contribution in [0.15, 0.2) is 47.2 Å². The molecule has 1 N–H and O–H groups in total. The molecule has 1 aliphatic carbocycles. The van der Waals surface area contributed by atoms with Crippen LogP contribution in [-0.4, -0.2) is 38.8 Å². The molecule has 11 heteroatoms. The number of halogens is 3. The first-order valence-electron chi connectivity index (χ1n) is 8.51. The van der Waals surface area contributed by atoms with Crippen LogP contribution in [0.2, 0.25) is 0 Å². The highest BCUT2D eigenvalue weighted by Crippen LogP contribution is 2.32. The van der Waals surface area contributed by atoms with E-state index in [-0.39, 0.29) is 35.3 Å². The van der Waals surface area contributed by atoms with Crippen LogP contribution in [0.25, 0.3) is 11.5 Å². The van der Waals surface area contributed by atoms with Gasteiger partial charge in [0.05, 0.1) is 18.5 Å². The van der Waals surface area contributed by atoms with Crippen LogP contribution in [0, 0.1) is 0 Å². The van der Waals surface area contributed by atoms with Gasteiger partial charge in [-0.1, -0.05) is 6.07 Å². The van der Waals surface area contributed by atoms with E-state index in [0.717, 1.165) is 0 Å². The van der Waals surface area contributed by atoms with E-state index in [1.54, 1.807) is 6.07 Å². The van der Waals surface area contributed by atoms with Crippen molar-refractivity contribution in [2.75, 3.05) is 0 Å². The fraction of sp³-hybridized carbons (Fsp3) is 0.278. The first-order chi connectivity index (χ1) is 13.8. The molecule has 0 radical (unpaired) electrons. The lowest BCUT2D eigenvalue weighted by Gasteiger charge is -2.34. The summed E-state index contributed by atoms with van der Waals surface area (Å²) in [6.45, 7) is 0. The Morgan fingerprint density at radius 2 is 1.76 bits per heavy atom. The van der Waals surface area contributed by atoms with Crippen LogP contribution in [0.3, 0.4) is 0 Å². The molecule has 1 aliphatic rings. The third-order valence-electron chi connectivity index (χ3n) is 4.06. The highest BCUT2D eigenvalue weighted by Gasteiger charge is 2.34. The largest absolute Gasteiger partial charge is 0.573 e. The Bertz CT molecular complexity index is 971. The molecule has 152 valence electrons. The molecule has 0 bridgehead atoms. The van der Waals surface area contributed by atoms with E-state index in [2.05, 4.69) is 19.9 Å². The number of benzene rings is 1. The third-order valence-corrected chi connectivity index (χ3v) is 4.06. The van der Waals surface area contributed by atoms with Gasteiger partial charge in [0.25, 0.3) is 5.88 Å². The van der Waals surface area contributed by atoms with Crippen molar-refractivity contribution in [3.8, 4) is 34.7 Å². The van der Waals surface area contributed by atoms with Crippen molar-refractivity contribution in [1.82, 2.24) is 15.1 Å². The van der Waals surface area contributed by atoms with Gasteiger partial charge in [0, 0.05) is 18.9 Å². The van der Waals surface area contributed by atoms with E-state index >= 15 is 0 Å². The van der Waals surface area contributed by atoms with Crippen molar-refractivity contribution in [3.05, 3.63) is 42.7 Å². The van der Waals surface area contributed by atoms with E-state index in [4.69, 9.17) is 14.0 Å². The second-order valence-electron chi connectivity index (χ2n) is 6.26. The molecule has 0 atom stereocenters. The zero-order valence-corrected chi connectivity index (χ0v) is 14.7. The quantitative estimate of drug-likeness (QED) is 0.658. The predicted molar refractivity (Wildman–Crippen MR) is 90.4 cm³/mol. The van der Waals surface area contributed by atoms with E-state index in [1.807, 2.05) is 0 Å². The van der Waals surface area contributed by atoms with Gasteiger partial charge in [0.2, 0.25) is 5.88 Å². The van der Waals surface area contributed by atoms with Crippen LogP contribution < -0.4 is 14.2 Å². The van der Waals surface area contributed by atoms with Crippen LogP contribution in [0.1, 0.15) is 12.8 Å². The van der Waals surface area contributed by atoms with E-state index in [9.17, 15) is 18.3 Å². The molecule has 2 heterocycles. The molecular formula is C18H14F3N3O5. The summed E-state index contributed by atoms with van der Waals surface area (Å²) in [5, 5.41) is 12.5. The Kier molecular flexibility index (Phi) is 4.87. The third kappa shape index (κ3) is 4.86. The van der Waals surface area contributed by atoms with Gasteiger partial charge in [0.15, 0.2) is 5.76 Å². The van der Waals surface area contributed by atoms with E-state index in [1.165, 1.54) is 36.7 Å². The number of alkyl halides is 3. The average molecular weight is 409 g/mol. The Labute approximate surface area is 161 Å². The summed E-state index contributed by atoms with van der Waals surface area (Å²) < 4.78 is 56.9. The number of hydrogen-bond donors (Lipinski definition) is 1. The number of nitrogens with zero attached hydrogens (tertiary/aromatic N) is 3. The van der Waals surface area contributed by atoms with Crippen molar-refractivity contribution in [3.63, 3.8) is 0 Å². The van der Waals surface area contributed by atoms with Crippen LogP contribution in [-0.2, 0) is 0 Å². The van der Waals surface area contributed by atoms with Crippen molar-refractivity contribution < 1.29 is 37.0 Å². The molecule has 1 aromatic carbocycles. The maximum Gasteiger partial charge on any atom is 0.573 e. The first kappa shape index (κ1) is 18.8. The molecule has 2 aromatic heterocycles. The second-order valence-corrected chi connectivity index (χ2v) is 6.26. The average Bonchev–Trinajstić information content (AvgIpc) is 3.06. The first-order valence-corrected chi connectivity index (χ1v) is 8.51. The summed E-state index contributed by atoms with van der Waals surface area (Å²) >= 11 is 0. The minimum absolute atomic E-state index is 0.149. The zero-order chi connectivity index (χ0) is 20.4. The number of aromatic hydroxyl groups is 1. The summed E-state index contributed by atoms with van der Waals surface area (Å²) in [5.41, 5.74) is 0.390. The summed E-state index contributed by atoms with van der Waals surface area (Å²) in [4.78, 5) is 8.25. The highest BCUT2D eigenvalue weighted by molar-refractivity contribution is 5.51. The standard InChI is InChI=1S/C18H14F3N3O5/c19-18(20,21)28-11-3-1-2-10(4-11)26-12-5-13(6-12)27-17-9-22-14(8-23-17)15-7-16(25)24-29-15/h1-4,7-9,12-13H,5-6H2,(H,24,25)/t12-,13+. The smallest absolute Gasteiger partial charge is 0.491 e. The van der Waals surface area contributed by atoms with Crippen LogP contribution in [0.5, 0.6) is 23.3 Å². The zero-order valence-electron chi connectivity index (χ0n) is 14.7. The lowest BCUT2D eigenvalue weighted by Crippen LogP contribution is -2.41. The Balaban J connectivity index is 1.27. The molecule has 1 saturated carbocycles. The van der Waals surface area contributed by atoms with Crippen LogP contribution in [0.4, 0.5) is 13.2 Å². The summed E-state index contributed by atoms with van der Waals surface area (Å²) in [7, 11) is 0. The molecule has 0 saturated heterocycles. The van der Waals surface area contributed by atoms with Gasteiger partial charge in [-0.05, 0) is 17.3 Å². The fourth-order valence-electron chi connectivity index (χ4n) is 2.71. The van der Waals surface area contributed by atoms with Gasteiger partial charge in [0.1, 0.15) is 29.4 Å². The van der Waals surface area contributed by atoms with E-state index < -0.39 is 6.36 Å². The predicted octanol–water partition coefficient (Wildman–Crippen LogP) is 3.72. The molecule has 0 amide bonds. The Hall–Kier alpha value is -3.50. The molecule has 0 aliphatic heterocycles. The molecule has 8 nitrogen and oxygen atoms in total. The van der Waals surface area contributed by atoms with Gasteiger partial charge < -0.3 is 23.8 Å². The number of hydrogen-bond acceptors (Lipinski definition) is 8. The van der Waals surface area contributed by atoms with Gasteiger partial charge in [-0.15, -0.1) is 13.2 Å². The summed E-state index contributed by atoms with van der Waals surface area (Å²) in [6, 6.07) is 6.69. The van der Waals surface area contributed by atoms with Crippen molar-refractivity contribution >= 4 is 0 Å². The van der Waals surface area contributed by atoms with Crippen molar-refractivity contribution in [1.29, 1.82) is 0 Å². The topological polar surface area (TPSA) is 99.7 Å². The van der Waals surface area contributed by atoms with Crippen LogP contribution >= 0.6 is 0 Å². The SMILES string of the molecule is Oc1cc(-c2cnc(O[C@H]3C[C@@H](Oc4cccc(OC(F)(F)F)c4)C3)cn2)on1. The van der Waals surface area contributed by atoms with E-state index in [0.29, 0.717) is 24.4 Å². The normalized spacial score (nSPS) is 18.7. The molecule has 1 fully saturated rings. The van der Waals surface area contributed by atoms with Crippen molar-refractivity contribution in [2.45, 2.75) is 31.4 Å². The van der Waals surface area contributed by atoms with Gasteiger partial charge in [-0.25, -0.2) is 9.97 Å². The van der Waals surface area contributed by atoms with Crippen molar-refractivity contribution in [2.24, 2.45) is 0 Å². The number of ether oxygens (including phenoxy) is 3. The molecule has 4 rings (SSSR count). The highest BCUT2D eigenvalue weighted by atomic mass is 19.4. The molecule has 0 unspecified atom stereocenters. The fourth-order valence-corrected chi connectivity index (χ4v) is 2.71. The Morgan fingerprint density at radius 1 is 1.00 bits per heavy atom. The van der Waals surface area contributed by atoms with Gasteiger partial charge >= 0.3 is 6.36 Å². The number of rotatable bonds is 6. The number of aromatic nitrogens is 3. The minimum atomic E-state index is -4.75. The lowest BCUT2D eigenvalue weighted by atomic mass is 9.92. The summed E-state index contributed by atoms with van der Waals surface area (Å²) in [5.74, 6) is 0.280. The molecule has 0 spiro atoms. The Morgan fingerprint density at radius 3 is 2.41 bits per heavy atom. The molecular weight excluding hydrogens is 395 g/mol. The monoisotopic (exact) mass is 409 g/mol. The lowest BCUT2D eigenvalue weighted by molar-refractivity contribution is -0.274. The molecule has 3 aromatic rings. The van der Waals surface area contributed by atoms with Gasteiger partial charge in [-0.2, -0.15) is 0 Å². The maximum absolute atomic E-state index is 12.3. The summed E-state index contributed by atoms with van der Waals surface area (Å²) in [6.07, 6.45) is -1.16. The maximum atomic E-state index is 12.3. The molecule has 29 heavy (non-hydrogen) atoms. The van der Waals surface area contributed by atoms with Gasteiger partial charge in [-0.3, -0.25) is 0 Å². The second kappa shape index (κ2) is 7.49. The minimum Gasteiger partial charge on any atom is -0.491 e.